The minimum atomic E-state index is -0.366. The van der Waals surface area contributed by atoms with Crippen LogP contribution in [0.4, 0.5) is 0 Å². The molecule has 138 valence electrons. The highest BCUT2D eigenvalue weighted by molar-refractivity contribution is 5.93. The smallest absolute Gasteiger partial charge is 0.291 e. The van der Waals surface area contributed by atoms with Crippen molar-refractivity contribution in [2.45, 2.75) is 26.2 Å². The standard InChI is InChI=1S/C21H22N4O2/c1-21(2,3)19-13-18(23-24-19)20(26)25-22-14-15-8-7-11-17(12-15)27-16-9-5-4-6-10-16/h4-14H,1-3H3,(H,23,24)(H,25,26). The maximum Gasteiger partial charge on any atom is 0.291 e. The molecule has 0 aliphatic rings. The first kappa shape index (κ1) is 18.4. The number of aromatic nitrogens is 2. The number of hydrogen-bond donors (Lipinski definition) is 2. The molecule has 0 spiro atoms. The van der Waals surface area contributed by atoms with Crippen LogP contribution in [0.3, 0.4) is 0 Å². The molecular formula is C21H22N4O2. The molecule has 0 saturated heterocycles. The summed E-state index contributed by atoms with van der Waals surface area (Å²) in [6.07, 6.45) is 1.56. The van der Waals surface area contributed by atoms with Crippen LogP contribution in [0.25, 0.3) is 0 Å². The molecule has 0 fully saturated rings. The maximum atomic E-state index is 12.2. The fraction of sp³-hybridized carbons (Fsp3) is 0.190. The van der Waals surface area contributed by atoms with Gasteiger partial charge in [-0.2, -0.15) is 10.2 Å². The van der Waals surface area contributed by atoms with Crippen LogP contribution >= 0.6 is 0 Å². The van der Waals surface area contributed by atoms with Crippen LogP contribution in [0.1, 0.15) is 42.5 Å². The van der Waals surface area contributed by atoms with Gasteiger partial charge in [0.15, 0.2) is 5.69 Å². The summed E-state index contributed by atoms with van der Waals surface area (Å²) in [6, 6.07) is 18.7. The molecule has 6 nitrogen and oxygen atoms in total. The van der Waals surface area contributed by atoms with Crippen molar-refractivity contribution in [3.05, 3.63) is 77.6 Å². The van der Waals surface area contributed by atoms with Crippen molar-refractivity contribution in [3.8, 4) is 11.5 Å². The summed E-state index contributed by atoms with van der Waals surface area (Å²) in [4.78, 5) is 12.2. The molecule has 27 heavy (non-hydrogen) atoms. The van der Waals surface area contributed by atoms with Crippen molar-refractivity contribution < 1.29 is 9.53 Å². The number of H-pyrrole nitrogens is 1. The minimum Gasteiger partial charge on any atom is -0.457 e. The van der Waals surface area contributed by atoms with Crippen molar-refractivity contribution >= 4 is 12.1 Å². The number of hydrazone groups is 1. The molecular weight excluding hydrogens is 340 g/mol. The van der Waals surface area contributed by atoms with Gasteiger partial charge in [-0.05, 0) is 35.9 Å². The van der Waals surface area contributed by atoms with E-state index in [0.29, 0.717) is 11.4 Å². The number of ether oxygens (including phenoxy) is 1. The van der Waals surface area contributed by atoms with E-state index in [4.69, 9.17) is 4.74 Å². The molecule has 3 rings (SSSR count). The van der Waals surface area contributed by atoms with Gasteiger partial charge in [-0.15, -0.1) is 0 Å². The topological polar surface area (TPSA) is 79.4 Å². The van der Waals surface area contributed by atoms with Crippen LogP contribution in [0.2, 0.25) is 0 Å². The summed E-state index contributed by atoms with van der Waals surface area (Å²) < 4.78 is 5.79. The second kappa shape index (κ2) is 7.86. The van der Waals surface area contributed by atoms with E-state index in [-0.39, 0.29) is 11.3 Å². The quantitative estimate of drug-likeness (QED) is 0.526. The molecule has 1 aromatic heterocycles. The number of nitrogens with zero attached hydrogens (tertiary/aromatic N) is 2. The number of nitrogens with one attached hydrogen (secondary N) is 2. The van der Waals surface area contributed by atoms with Gasteiger partial charge in [0.25, 0.3) is 5.91 Å². The highest BCUT2D eigenvalue weighted by Crippen LogP contribution is 2.21. The highest BCUT2D eigenvalue weighted by atomic mass is 16.5. The molecule has 0 aliphatic carbocycles. The normalized spacial score (nSPS) is 11.5. The Bertz CT molecular complexity index is 940. The Labute approximate surface area is 158 Å². The highest BCUT2D eigenvalue weighted by Gasteiger charge is 2.19. The van der Waals surface area contributed by atoms with Gasteiger partial charge in [0.2, 0.25) is 0 Å². The van der Waals surface area contributed by atoms with E-state index in [0.717, 1.165) is 17.0 Å². The van der Waals surface area contributed by atoms with E-state index >= 15 is 0 Å². The molecule has 0 atom stereocenters. The first-order chi connectivity index (χ1) is 12.9. The predicted molar refractivity (Wildman–Crippen MR) is 105 cm³/mol. The van der Waals surface area contributed by atoms with Crippen molar-refractivity contribution in [2.75, 3.05) is 0 Å². The zero-order valence-electron chi connectivity index (χ0n) is 15.6. The largest absolute Gasteiger partial charge is 0.457 e. The maximum absolute atomic E-state index is 12.2. The van der Waals surface area contributed by atoms with Crippen molar-refractivity contribution in [2.24, 2.45) is 5.10 Å². The van der Waals surface area contributed by atoms with Crippen LogP contribution in [-0.2, 0) is 5.41 Å². The predicted octanol–water partition coefficient (Wildman–Crippen LogP) is 4.26. The molecule has 0 aliphatic heterocycles. The lowest BCUT2D eigenvalue weighted by molar-refractivity contribution is 0.0950. The zero-order valence-corrected chi connectivity index (χ0v) is 15.6. The first-order valence-corrected chi connectivity index (χ1v) is 8.64. The van der Waals surface area contributed by atoms with Gasteiger partial charge in [0.05, 0.1) is 6.21 Å². The fourth-order valence-electron chi connectivity index (χ4n) is 2.33. The first-order valence-electron chi connectivity index (χ1n) is 8.64. The van der Waals surface area contributed by atoms with Crippen molar-refractivity contribution in [1.82, 2.24) is 15.6 Å². The molecule has 0 unspecified atom stereocenters. The average Bonchev–Trinajstić information content (AvgIpc) is 3.14. The zero-order chi connectivity index (χ0) is 19.3. The number of hydrogen-bond acceptors (Lipinski definition) is 4. The van der Waals surface area contributed by atoms with Crippen LogP contribution in [0, 0.1) is 0 Å². The van der Waals surface area contributed by atoms with Crippen LogP contribution in [0.15, 0.2) is 65.8 Å². The molecule has 0 saturated carbocycles. The molecule has 1 amide bonds. The van der Waals surface area contributed by atoms with Crippen LogP contribution in [-0.4, -0.2) is 22.3 Å². The Balaban J connectivity index is 1.62. The van der Waals surface area contributed by atoms with E-state index in [2.05, 4.69) is 20.7 Å². The summed E-state index contributed by atoms with van der Waals surface area (Å²) in [5, 5.41) is 10.9. The minimum absolute atomic E-state index is 0.103. The van der Waals surface area contributed by atoms with Gasteiger partial charge in [-0.3, -0.25) is 9.89 Å². The van der Waals surface area contributed by atoms with Crippen LogP contribution < -0.4 is 10.2 Å². The van der Waals surface area contributed by atoms with E-state index in [1.807, 2.05) is 75.4 Å². The molecule has 2 aromatic carbocycles. The van der Waals surface area contributed by atoms with E-state index < -0.39 is 0 Å². The molecule has 1 heterocycles. The van der Waals surface area contributed by atoms with Gasteiger partial charge in [0, 0.05) is 11.1 Å². The number of carbonyl (C=O) groups is 1. The molecule has 6 heteroatoms. The van der Waals surface area contributed by atoms with Crippen LogP contribution in [0.5, 0.6) is 11.5 Å². The number of amides is 1. The van der Waals surface area contributed by atoms with Gasteiger partial charge in [-0.1, -0.05) is 51.1 Å². The number of aromatic amines is 1. The van der Waals surface area contributed by atoms with Crippen molar-refractivity contribution in [3.63, 3.8) is 0 Å². The lowest BCUT2D eigenvalue weighted by Crippen LogP contribution is -2.18. The van der Waals surface area contributed by atoms with Gasteiger partial charge in [-0.25, -0.2) is 5.43 Å². The number of benzene rings is 2. The summed E-state index contributed by atoms with van der Waals surface area (Å²) in [7, 11) is 0. The number of para-hydroxylation sites is 1. The Hall–Kier alpha value is -3.41. The lowest BCUT2D eigenvalue weighted by Gasteiger charge is -2.14. The Kier molecular flexibility index (Phi) is 5.35. The average molecular weight is 362 g/mol. The lowest BCUT2D eigenvalue weighted by atomic mass is 9.92. The summed E-state index contributed by atoms with van der Waals surface area (Å²) in [5.74, 6) is 1.08. The number of carbonyl (C=O) groups excluding carboxylic acids is 1. The molecule has 0 bridgehead atoms. The second-order valence-electron chi connectivity index (χ2n) is 7.10. The second-order valence-corrected chi connectivity index (χ2v) is 7.10. The van der Waals surface area contributed by atoms with E-state index in [1.54, 1.807) is 12.3 Å². The monoisotopic (exact) mass is 362 g/mol. The number of rotatable bonds is 5. The van der Waals surface area contributed by atoms with E-state index in [9.17, 15) is 4.79 Å². The van der Waals surface area contributed by atoms with Gasteiger partial charge >= 0.3 is 0 Å². The third-order valence-corrected chi connectivity index (χ3v) is 3.84. The molecule has 2 N–H and O–H groups in total. The van der Waals surface area contributed by atoms with E-state index in [1.165, 1.54) is 0 Å². The Morgan fingerprint density at radius 1 is 1.07 bits per heavy atom. The SMILES string of the molecule is CC(C)(C)c1cc(C(=O)NN=Cc2cccc(Oc3ccccc3)c2)n[nH]1. The third-order valence-electron chi connectivity index (χ3n) is 3.84. The molecule has 0 radical (unpaired) electrons. The summed E-state index contributed by atoms with van der Waals surface area (Å²) in [5.41, 5.74) is 4.39. The van der Waals surface area contributed by atoms with Gasteiger partial charge < -0.3 is 4.74 Å². The third kappa shape index (κ3) is 5.04. The Morgan fingerprint density at radius 2 is 1.81 bits per heavy atom. The Morgan fingerprint density at radius 3 is 2.52 bits per heavy atom. The molecule has 3 aromatic rings. The fourth-order valence-corrected chi connectivity index (χ4v) is 2.33. The summed E-state index contributed by atoms with van der Waals surface area (Å²) in [6.45, 7) is 6.14. The van der Waals surface area contributed by atoms with Crippen molar-refractivity contribution in [1.29, 1.82) is 0 Å². The summed E-state index contributed by atoms with van der Waals surface area (Å²) >= 11 is 0. The van der Waals surface area contributed by atoms with Gasteiger partial charge in [0.1, 0.15) is 11.5 Å².